The molecule has 1 saturated carbocycles. The molecular formula is C27H50B2O2. The van der Waals surface area contributed by atoms with E-state index in [2.05, 4.69) is 83.1 Å². The van der Waals surface area contributed by atoms with Crippen LogP contribution in [0.25, 0.3) is 0 Å². The quantitative estimate of drug-likeness (QED) is 0.466. The molecule has 8 atom stereocenters. The molecule has 0 N–H and O–H groups in total. The first-order chi connectivity index (χ1) is 13.8. The van der Waals surface area contributed by atoms with Gasteiger partial charge < -0.3 is 9.47 Å². The highest BCUT2D eigenvalue weighted by Gasteiger charge is 2.53. The molecule has 176 valence electrons. The predicted octanol–water partition coefficient (Wildman–Crippen LogP) is 6.67. The Morgan fingerprint density at radius 3 is 1.61 bits per heavy atom. The molecule has 0 bridgehead atoms. The predicted molar refractivity (Wildman–Crippen MR) is 135 cm³/mol. The van der Waals surface area contributed by atoms with Crippen molar-refractivity contribution in [1.82, 2.24) is 0 Å². The minimum atomic E-state index is -0.209. The number of rotatable bonds is 4. The van der Waals surface area contributed by atoms with E-state index >= 15 is 0 Å². The fourth-order valence-electron chi connectivity index (χ4n) is 6.77. The Labute approximate surface area is 197 Å². The molecule has 2 nitrogen and oxygen atoms in total. The fourth-order valence-corrected chi connectivity index (χ4v) is 6.77. The summed E-state index contributed by atoms with van der Waals surface area (Å²) in [5.41, 5.74) is 0.551. The van der Waals surface area contributed by atoms with Crippen LogP contribution < -0.4 is 0 Å². The third-order valence-electron chi connectivity index (χ3n) is 8.04. The molecule has 1 saturated heterocycles. The van der Waals surface area contributed by atoms with Crippen LogP contribution in [0.4, 0.5) is 0 Å². The molecule has 2 rings (SSSR count). The van der Waals surface area contributed by atoms with Crippen molar-refractivity contribution in [1.29, 1.82) is 0 Å². The molecule has 2 fully saturated rings. The summed E-state index contributed by atoms with van der Waals surface area (Å²) in [7, 11) is 13.2. The maximum atomic E-state index is 6.73. The van der Waals surface area contributed by atoms with Crippen LogP contribution in [-0.2, 0) is 9.47 Å². The van der Waals surface area contributed by atoms with Crippen LogP contribution in [-0.4, -0.2) is 40.5 Å². The highest BCUT2D eigenvalue weighted by atomic mass is 16.5. The highest BCUT2D eigenvalue weighted by Crippen LogP contribution is 2.55. The van der Waals surface area contributed by atoms with Crippen LogP contribution in [0.1, 0.15) is 95.9 Å². The van der Waals surface area contributed by atoms with Gasteiger partial charge in [0.25, 0.3) is 0 Å². The largest absolute Gasteiger partial charge is 0.384 e. The van der Waals surface area contributed by atoms with E-state index < -0.39 is 0 Å². The average molecular weight is 428 g/mol. The van der Waals surface area contributed by atoms with Crippen molar-refractivity contribution < 1.29 is 9.47 Å². The lowest BCUT2D eigenvalue weighted by Gasteiger charge is -2.42. The Kier molecular flexibility index (Phi) is 7.93. The maximum absolute atomic E-state index is 6.73. The van der Waals surface area contributed by atoms with E-state index in [1.165, 1.54) is 0 Å². The van der Waals surface area contributed by atoms with Crippen molar-refractivity contribution in [3.63, 3.8) is 0 Å². The third kappa shape index (κ3) is 6.14. The zero-order chi connectivity index (χ0) is 24.2. The second-order valence-electron chi connectivity index (χ2n) is 14.8. The summed E-state index contributed by atoms with van der Waals surface area (Å²) in [6, 6.07) is -0.209. The Balaban J connectivity index is 2.17. The first-order valence-corrected chi connectivity index (χ1v) is 12.5. The third-order valence-corrected chi connectivity index (χ3v) is 8.04. The standard InChI is InChI=1S/C27H50B2O2/c1-24(2,3)16-15-17(28)19(25(4,5)6)22(16)30-14-13-18-20(26(7,8)9)21(23(29)31-18)27(10,11)12/h16-23H,13-15H2,1-12H3. The zero-order valence-corrected chi connectivity index (χ0v) is 22.7. The number of ether oxygens (including phenoxy) is 2. The summed E-state index contributed by atoms with van der Waals surface area (Å²) in [5.74, 6) is 1.78. The first kappa shape index (κ1) is 27.3. The van der Waals surface area contributed by atoms with Gasteiger partial charge in [-0.25, -0.2) is 0 Å². The Morgan fingerprint density at radius 2 is 1.19 bits per heavy atom. The Hall–Kier alpha value is 0.0499. The van der Waals surface area contributed by atoms with E-state index in [9.17, 15) is 0 Å². The first-order valence-electron chi connectivity index (χ1n) is 12.5. The topological polar surface area (TPSA) is 18.5 Å². The van der Waals surface area contributed by atoms with E-state index in [0.717, 1.165) is 12.8 Å². The van der Waals surface area contributed by atoms with Crippen molar-refractivity contribution in [3.05, 3.63) is 0 Å². The van der Waals surface area contributed by atoms with Gasteiger partial charge >= 0.3 is 0 Å². The van der Waals surface area contributed by atoms with Gasteiger partial charge in [0.15, 0.2) is 0 Å². The summed E-state index contributed by atoms with van der Waals surface area (Å²) in [5, 5.41) is 0. The summed E-state index contributed by atoms with van der Waals surface area (Å²) < 4.78 is 13.1. The van der Waals surface area contributed by atoms with Crippen molar-refractivity contribution in [3.8, 4) is 0 Å². The van der Waals surface area contributed by atoms with E-state index in [-0.39, 0.29) is 45.7 Å². The van der Waals surface area contributed by atoms with E-state index in [4.69, 9.17) is 25.2 Å². The van der Waals surface area contributed by atoms with Gasteiger partial charge in [0.1, 0.15) is 7.85 Å². The molecule has 1 aliphatic carbocycles. The molecule has 0 amide bonds. The Morgan fingerprint density at radius 1 is 0.710 bits per heavy atom. The van der Waals surface area contributed by atoms with Crippen LogP contribution in [0.3, 0.4) is 0 Å². The van der Waals surface area contributed by atoms with Gasteiger partial charge in [-0.15, -0.1) is 0 Å². The normalized spacial score (nSPS) is 38.1. The number of hydrogen-bond acceptors (Lipinski definition) is 2. The van der Waals surface area contributed by atoms with Gasteiger partial charge in [-0.1, -0.05) is 95.3 Å². The second kappa shape index (κ2) is 9.01. The maximum Gasteiger partial charge on any atom is 0.109 e. The van der Waals surface area contributed by atoms with Crippen LogP contribution in [0.2, 0.25) is 5.82 Å². The second-order valence-corrected chi connectivity index (χ2v) is 14.8. The smallest absolute Gasteiger partial charge is 0.109 e. The van der Waals surface area contributed by atoms with Crippen molar-refractivity contribution in [2.75, 3.05) is 6.61 Å². The minimum Gasteiger partial charge on any atom is -0.384 e. The lowest BCUT2D eigenvalue weighted by molar-refractivity contribution is -0.0687. The summed E-state index contributed by atoms with van der Waals surface area (Å²) in [6.45, 7) is 28.5. The van der Waals surface area contributed by atoms with Crippen molar-refractivity contribution in [2.45, 2.75) is 120 Å². The molecule has 1 aliphatic heterocycles. The molecule has 4 radical (unpaired) electrons. The van der Waals surface area contributed by atoms with Gasteiger partial charge in [-0.05, 0) is 51.8 Å². The molecular weight excluding hydrogens is 378 g/mol. The molecule has 1 heterocycles. The molecule has 0 aromatic carbocycles. The lowest BCUT2D eigenvalue weighted by atomic mass is 9.59. The van der Waals surface area contributed by atoms with Gasteiger partial charge in [0.2, 0.25) is 0 Å². The van der Waals surface area contributed by atoms with E-state index in [0.29, 0.717) is 30.3 Å². The molecule has 0 aromatic heterocycles. The highest BCUT2D eigenvalue weighted by molar-refractivity contribution is 6.12. The van der Waals surface area contributed by atoms with Crippen LogP contribution in [0.5, 0.6) is 0 Å². The van der Waals surface area contributed by atoms with Crippen LogP contribution >= 0.6 is 0 Å². The monoisotopic (exact) mass is 428 g/mol. The van der Waals surface area contributed by atoms with Gasteiger partial charge in [-0.3, -0.25) is 0 Å². The zero-order valence-electron chi connectivity index (χ0n) is 22.7. The molecule has 2 aliphatic rings. The SMILES string of the molecule is [B]C1CC(C(C)(C)C)C(OCCC2OC([B])C(C(C)(C)C)C2C(C)(C)C)C1C(C)(C)C. The van der Waals surface area contributed by atoms with Crippen molar-refractivity contribution in [2.24, 2.45) is 45.3 Å². The number of hydrogen-bond donors (Lipinski definition) is 0. The molecule has 8 unspecified atom stereocenters. The molecule has 31 heavy (non-hydrogen) atoms. The molecule has 0 spiro atoms. The van der Waals surface area contributed by atoms with Crippen LogP contribution in [0, 0.1) is 45.3 Å². The van der Waals surface area contributed by atoms with Crippen LogP contribution in [0.15, 0.2) is 0 Å². The van der Waals surface area contributed by atoms with Gasteiger partial charge in [-0.2, -0.15) is 0 Å². The van der Waals surface area contributed by atoms with Gasteiger partial charge in [0.05, 0.1) is 20.1 Å². The van der Waals surface area contributed by atoms with E-state index in [1.54, 1.807) is 0 Å². The van der Waals surface area contributed by atoms with E-state index in [1.807, 2.05) is 0 Å². The lowest BCUT2D eigenvalue weighted by Crippen LogP contribution is -2.41. The minimum absolute atomic E-state index is 0.111. The summed E-state index contributed by atoms with van der Waals surface area (Å²) in [4.78, 5) is 0. The molecule has 0 aromatic rings. The Bertz CT molecular complexity index is 590. The summed E-state index contributed by atoms with van der Waals surface area (Å²) in [6.07, 6.45) is 2.26. The van der Waals surface area contributed by atoms with Gasteiger partial charge in [0, 0.05) is 12.6 Å². The molecule has 4 heteroatoms. The van der Waals surface area contributed by atoms with Crippen molar-refractivity contribution >= 4 is 15.7 Å². The fraction of sp³-hybridized carbons (Fsp3) is 1.00. The summed E-state index contributed by atoms with van der Waals surface area (Å²) >= 11 is 0. The average Bonchev–Trinajstić information content (AvgIpc) is 3.03.